The van der Waals surface area contributed by atoms with E-state index in [0.29, 0.717) is 0 Å². The van der Waals surface area contributed by atoms with Gasteiger partial charge >= 0.3 is 6.03 Å². The zero-order valence-electron chi connectivity index (χ0n) is 13.6. The number of carbonyl (C=O) groups is 1. The van der Waals surface area contributed by atoms with E-state index >= 15 is 0 Å². The summed E-state index contributed by atoms with van der Waals surface area (Å²) in [5.41, 5.74) is 0.766. The highest BCUT2D eigenvalue weighted by molar-refractivity contribution is 7.90. The summed E-state index contributed by atoms with van der Waals surface area (Å²) >= 11 is 0. The lowest BCUT2D eigenvalue weighted by molar-refractivity contribution is 0.191. The Kier molecular flexibility index (Phi) is 7.38. The van der Waals surface area contributed by atoms with Gasteiger partial charge in [-0.1, -0.05) is 43.7 Å². The molecule has 2 amide bonds. The lowest BCUT2D eigenvalue weighted by atomic mass is 10.2. The van der Waals surface area contributed by atoms with Crippen LogP contribution >= 0.6 is 0 Å². The third-order valence-corrected chi connectivity index (χ3v) is 5.21. The van der Waals surface area contributed by atoms with Crippen molar-refractivity contribution in [2.45, 2.75) is 38.5 Å². The molecule has 124 valence electrons. The molecule has 0 fully saturated rings. The fourth-order valence-corrected chi connectivity index (χ4v) is 3.41. The highest BCUT2D eigenvalue weighted by atomic mass is 32.2. The first-order chi connectivity index (χ1) is 10.4. The molecule has 1 aromatic carbocycles. The molecule has 6 heteroatoms. The van der Waals surface area contributed by atoms with Gasteiger partial charge in [-0.3, -0.25) is 0 Å². The number of carbonyl (C=O) groups excluding carboxylic acids is 1. The van der Waals surface area contributed by atoms with Crippen molar-refractivity contribution in [2.24, 2.45) is 0 Å². The van der Waals surface area contributed by atoms with Gasteiger partial charge in [0.15, 0.2) is 9.84 Å². The van der Waals surface area contributed by atoms with E-state index < -0.39 is 9.84 Å². The Balaban J connectivity index is 2.41. The number of rotatable bonds is 8. The van der Waals surface area contributed by atoms with Crippen LogP contribution in [-0.4, -0.2) is 44.7 Å². The minimum Gasteiger partial charge on any atom is -0.337 e. The fraction of sp³-hybridized carbons (Fsp3) is 0.562. The Labute approximate surface area is 133 Å². The third kappa shape index (κ3) is 6.47. The fourth-order valence-electron chi connectivity index (χ4n) is 2.15. The molecule has 0 unspecified atom stereocenters. The van der Waals surface area contributed by atoms with Gasteiger partial charge in [0.1, 0.15) is 0 Å². The first-order valence-corrected chi connectivity index (χ1v) is 9.43. The molecule has 0 spiro atoms. The summed E-state index contributed by atoms with van der Waals surface area (Å²) in [6.45, 7) is 4.19. The van der Waals surface area contributed by atoms with E-state index in [1.807, 2.05) is 25.1 Å². The summed E-state index contributed by atoms with van der Waals surface area (Å²) in [7, 11) is -1.49. The molecule has 1 aromatic rings. The van der Waals surface area contributed by atoms with Gasteiger partial charge in [-0.2, -0.15) is 0 Å². The molecule has 5 nitrogen and oxygen atoms in total. The summed E-state index contributed by atoms with van der Waals surface area (Å²) in [6.07, 6.45) is 1.93. The largest absolute Gasteiger partial charge is 0.337 e. The van der Waals surface area contributed by atoms with Gasteiger partial charge in [-0.15, -0.1) is 0 Å². The van der Waals surface area contributed by atoms with Crippen LogP contribution < -0.4 is 5.32 Å². The normalized spacial score (nSPS) is 12.7. The molecule has 0 saturated carbocycles. The second-order valence-electron chi connectivity index (χ2n) is 5.56. The van der Waals surface area contributed by atoms with E-state index in [9.17, 15) is 13.2 Å². The minimum absolute atomic E-state index is 0.00574. The molecule has 0 saturated heterocycles. The van der Waals surface area contributed by atoms with Gasteiger partial charge in [0, 0.05) is 19.6 Å². The van der Waals surface area contributed by atoms with E-state index in [-0.39, 0.29) is 30.1 Å². The van der Waals surface area contributed by atoms with Gasteiger partial charge in [-0.25, -0.2) is 13.2 Å². The Bertz CT molecular complexity index is 558. The Hall–Kier alpha value is -1.56. The quantitative estimate of drug-likeness (QED) is 0.798. The third-order valence-electron chi connectivity index (χ3n) is 3.61. The zero-order valence-corrected chi connectivity index (χ0v) is 14.4. The Morgan fingerprint density at radius 3 is 2.50 bits per heavy atom. The standard InChI is InChI=1S/C16H26N2O3S/c1-4-8-14(2)18(3)16(19)17-11-12-22(20,21)13-15-9-6-5-7-10-15/h5-7,9-10,14H,4,8,11-13H2,1-3H3,(H,17,19)/t14-/m0/s1. The molecule has 22 heavy (non-hydrogen) atoms. The second-order valence-corrected chi connectivity index (χ2v) is 7.74. The van der Waals surface area contributed by atoms with Crippen LogP contribution in [0.25, 0.3) is 0 Å². The molecule has 0 aromatic heterocycles. The van der Waals surface area contributed by atoms with Crippen LogP contribution in [0.3, 0.4) is 0 Å². The van der Waals surface area contributed by atoms with Crippen molar-refractivity contribution in [3.05, 3.63) is 35.9 Å². The maximum Gasteiger partial charge on any atom is 0.317 e. The number of nitrogens with one attached hydrogen (secondary N) is 1. The Morgan fingerprint density at radius 2 is 1.91 bits per heavy atom. The van der Waals surface area contributed by atoms with E-state index in [1.165, 1.54) is 0 Å². The van der Waals surface area contributed by atoms with Crippen molar-refractivity contribution in [1.29, 1.82) is 0 Å². The van der Waals surface area contributed by atoms with E-state index in [0.717, 1.165) is 18.4 Å². The number of sulfone groups is 1. The van der Waals surface area contributed by atoms with Gasteiger partial charge in [0.2, 0.25) is 0 Å². The number of benzene rings is 1. The van der Waals surface area contributed by atoms with Crippen molar-refractivity contribution in [2.75, 3.05) is 19.3 Å². The van der Waals surface area contributed by atoms with E-state index in [2.05, 4.69) is 12.2 Å². The average molecular weight is 326 g/mol. The van der Waals surface area contributed by atoms with E-state index in [1.54, 1.807) is 24.1 Å². The van der Waals surface area contributed by atoms with Crippen molar-refractivity contribution in [1.82, 2.24) is 10.2 Å². The van der Waals surface area contributed by atoms with Gasteiger partial charge in [-0.05, 0) is 18.9 Å². The number of urea groups is 1. The molecule has 1 atom stereocenters. The van der Waals surface area contributed by atoms with Crippen LogP contribution in [0, 0.1) is 0 Å². The van der Waals surface area contributed by atoms with Crippen molar-refractivity contribution in [3.8, 4) is 0 Å². The summed E-state index contributed by atoms with van der Waals surface area (Å²) < 4.78 is 24.0. The predicted molar refractivity (Wildman–Crippen MR) is 89.5 cm³/mol. The highest BCUT2D eigenvalue weighted by Gasteiger charge is 2.16. The monoisotopic (exact) mass is 326 g/mol. The lowest BCUT2D eigenvalue weighted by Gasteiger charge is -2.24. The smallest absolute Gasteiger partial charge is 0.317 e. The number of hydrogen-bond acceptors (Lipinski definition) is 3. The molecule has 0 bridgehead atoms. The van der Waals surface area contributed by atoms with Crippen molar-refractivity contribution < 1.29 is 13.2 Å². The van der Waals surface area contributed by atoms with Gasteiger partial charge in [0.25, 0.3) is 0 Å². The molecule has 1 N–H and O–H groups in total. The second kappa shape index (κ2) is 8.78. The lowest BCUT2D eigenvalue weighted by Crippen LogP contribution is -2.43. The molecule has 0 heterocycles. The van der Waals surface area contributed by atoms with Crippen LogP contribution in [0.5, 0.6) is 0 Å². The zero-order chi connectivity index (χ0) is 16.6. The first kappa shape index (κ1) is 18.5. The molecule has 1 rings (SSSR count). The SMILES string of the molecule is CCC[C@H](C)N(C)C(=O)NCCS(=O)(=O)Cc1ccccc1. The topological polar surface area (TPSA) is 66.5 Å². The maximum atomic E-state index is 12.0. The maximum absolute atomic E-state index is 12.0. The van der Waals surface area contributed by atoms with Gasteiger partial charge < -0.3 is 10.2 Å². The van der Waals surface area contributed by atoms with Crippen LogP contribution in [0.2, 0.25) is 0 Å². The predicted octanol–water partition coefficient (Wildman–Crippen LogP) is 2.43. The molecule has 0 aliphatic heterocycles. The molecular formula is C16H26N2O3S. The van der Waals surface area contributed by atoms with Gasteiger partial charge in [0.05, 0.1) is 11.5 Å². The van der Waals surface area contributed by atoms with Crippen LogP contribution in [0.1, 0.15) is 32.3 Å². The molecule has 0 aliphatic rings. The summed E-state index contributed by atoms with van der Waals surface area (Å²) in [6, 6.07) is 8.98. The minimum atomic E-state index is -3.22. The number of hydrogen-bond donors (Lipinski definition) is 1. The molecule has 0 radical (unpaired) electrons. The van der Waals surface area contributed by atoms with E-state index in [4.69, 9.17) is 0 Å². The van der Waals surface area contributed by atoms with Crippen LogP contribution in [-0.2, 0) is 15.6 Å². The van der Waals surface area contributed by atoms with Crippen LogP contribution in [0.15, 0.2) is 30.3 Å². The molecular weight excluding hydrogens is 300 g/mol. The number of nitrogens with zero attached hydrogens (tertiary/aromatic N) is 1. The summed E-state index contributed by atoms with van der Waals surface area (Å²) in [5.74, 6) is -0.0462. The molecule has 0 aliphatic carbocycles. The highest BCUT2D eigenvalue weighted by Crippen LogP contribution is 2.06. The van der Waals surface area contributed by atoms with Crippen molar-refractivity contribution in [3.63, 3.8) is 0 Å². The summed E-state index contributed by atoms with van der Waals surface area (Å²) in [5, 5.41) is 2.67. The average Bonchev–Trinajstić information content (AvgIpc) is 2.46. The Morgan fingerprint density at radius 1 is 1.27 bits per heavy atom. The first-order valence-electron chi connectivity index (χ1n) is 7.60. The van der Waals surface area contributed by atoms with Crippen LogP contribution in [0.4, 0.5) is 4.79 Å². The van der Waals surface area contributed by atoms with Crippen molar-refractivity contribution >= 4 is 15.9 Å². The number of amides is 2. The summed E-state index contributed by atoms with van der Waals surface area (Å²) in [4.78, 5) is 13.5.